The number of thioether (sulfide) groups is 1. The number of nitrogens with one attached hydrogen (secondary N) is 2. The molecular weight excluding hydrogens is 330 g/mol. The first-order chi connectivity index (χ1) is 11.2. The van der Waals surface area contributed by atoms with Crippen LogP contribution in [0.1, 0.15) is 31.1 Å². The van der Waals surface area contributed by atoms with Gasteiger partial charge in [0, 0.05) is 16.1 Å². The lowest BCUT2D eigenvalue weighted by atomic mass is 10.1. The van der Waals surface area contributed by atoms with Gasteiger partial charge in [0.05, 0.1) is 11.3 Å². The van der Waals surface area contributed by atoms with Crippen LogP contribution in [0, 0.1) is 0 Å². The third-order valence-electron chi connectivity index (χ3n) is 3.02. The quantitative estimate of drug-likeness (QED) is 0.722. The van der Waals surface area contributed by atoms with Crippen molar-refractivity contribution in [3.8, 4) is 0 Å². The Balaban J connectivity index is 2.17. The molecular formula is C18H20F2N2OS. The maximum atomic E-state index is 12.4. The lowest BCUT2D eigenvalue weighted by Crippen LogP contribution is -2.40. The minimum absolute atomic E-state index is 0.171. The number of hydrogen-bond acceptors (Lipinski definition) is 3. The molecule has 0 unspecified atom stereocenters. The van der Waals surface area contributed by atoms with Crippen LogP contribution in [0.5, 0.6) is 0 Å². The lowest BCUT2D eigenvalue weighted by molar-refractivity contribution is 0.0920. The molecule has 0 atom stereocenters. The largest absolute Gasteiger partial charge is 0.355 e. The Hall–Kier alpha value is -2.08. The van der Waals surface area contributed by atoms with E-state index in [0.29, 0.717) is 27.9 Å². The number of amides is 1. The van der Waals surface area contributed by atoms with E-state index in [1.54, 1.807) is 42.5 Å². The maximum absolute atomic E-state index is 12.4. The van der Waals surface area contributed by atoms with Gasteiger partial charge in [-0.2, -0.15) is 8.78 Å². The van der Waals surface area contributed by atoms with E-state index in [2.05, 4.69) is 10.6 Å². The number of carbonyl (C=O) groups excluding carboxylic acids is 1. The van der Waals surface area contributed by atoms with Crippen molar-refractivity contribution in [2.75, 3.05) is 5.32 Å². The van der Waals surface area contributed by atoms with Crippen molar-refractivity contribution in [3.63, 3.8) is 0 Å². The van der Waals surface area contributed by atoms with Gasteiger partial charge in [0.25, 0.3) is 11.7 Å². The standard InChI is InChI=1S/C18H20F2N2OS/c1-18(2,3)22-16(23)14-6-4-5-7-15(14)21-12-8-10-13(11-9-12)24-17(19)20/h4-11,17,21H,1-3H3,(H,22,23). The number of rotatable bonds is 5. The molecule has 0 aromatic heterocycles. The number of carbonyl (C=O) groups is 1. The van der Waals surface area contributed by atoms with Crippen molar-refractivity contribution < 1.29 is 13.6 Å². The Morgan fingerprint density at radius 1 is 1.04 bits per heavy atom. The molecule has 0 aliphatic rings. The maximum Gasteiger partial charge on any atom is 0.288 e. The number of para-hydroxylation sites is 1. The summed E-state index contributed by atoms with van der Waals surface area (Å²) in [6.45, 7) is 5.75. The Morgan fingerprint density at radius 3 is 2.25 bits per heavy atom. The number of anilines is 2. The van der Waals surface area contributed by atoms with Crippen LogP contribution in [-0.4, -0.2) is 17.2 Å². The van der Waals surface area contributed by atoms with Gasteiger partial charge in [-0.25, -0.2) is 0 Å². The molecule has 0 fully saturated rings. The molecule has 0 bridgehead atoms. The number of halogens is 2. The molecule has 1 amide bonds. The highest BCUT2D eigenvalue weighted by molar-refractivity contribution is 7.99. The first kappa shape index (κ1) is 18.3. The summed E-state index contributed by atoms with van der Waals surface area (Å²) in [5.74, 6) is -2.61. The van der Waals surface area contributed by atoms with E-state index in [1.165, 1.54) is 0 Å². The van der Waals surface area contributed by atoms with Gasteiger partial charge in [0.15, 0.2) is 0 Å². The van der Waals surface area contributed by atoms with Crippen LogP contribution in [0.15, 0.2) is 53.4 Å². The minimum Gasteiger partial charge on any atom is -0.355 e. The SMILES string of the molecule is CC(C)(C)NC(=O)c1ccccc1Nc1ccc(SC(F)F)cc1. The third-order valence-corrected chi connectivity index (χ3v) is 3.74. The van der Waals surface area contributed by atoms with E-state index in [0.717, 1.165) is 5.69 Å². The summed E-state index contributed by atoms with van der Waals surface area (Å²) >= 11 is 0.503. The smallest absolute Gasteiger partial charge is 0.288 e. The van der Waals surface area contributed by atoms with Crippen LogP contribution in [-0.2, 0) is 0 Å². The van der Waals surface area contributed by atoms with Crippen molar-refractivity contribution in [1.82, 2.24) is 5.32 Å². The second-order valence-corrected chi connectivity index (χ2v) is 7.34. The highest BCUT2D eigenvalue weighted by Gasteiger charge is 2.17. The van der Waals surface area contributed by atoms with Crippen molar-refractivity contribution in [1.29, 1.82) is 0 Å². The number of alkyl halides is 2. The number of benzene rings is 2. The second-order valence-electron chi connectivity index (χ2n) is 6.28. The molecule has 2 N–H and O–H groups in total. The lowest BCUT2D eigenvalue weighted by Gasteiger charge is -2.21. The fourth-order valence-corrected chi connectivity index (χ4v) is 2.57. The Labute approximate surface area is 144 Å². The molecule has 0 spiro atoms. The predicted octanol–water partition coefficient (Wildman–Crippen LogP) is 5.27. The first-order valence-corrected chi connectivity index (χ1v) is 8.36. The summed E-state index contributed by atoms with van der Waals surface area (Å²) in [5, 5.41) is 6.09. The van der Waals surface area contributed by atoms with Gasteiger partial charge in [0.1, 0.15) is 0 Å². The normalized spacial score (nSPS) is 11.4. The molecule has 0 aliphatic carbocycles. The van der Waals surface area contributed by atoms with Crippen LogP contribution in [0.3, 0.4) is 0 Å². The molecule has 0 aliphatic heterocycles. The van der Waals surface area contributed by atoms with Crippen molar-refractivity contribution in [2.24, 2.45) is 0 Å². The van der Waals surface area contributed by atoms with Gasteiger partial charge >= 0.3 is 0 Å². The fourth-order valence-electron chi connectivity index (χ4n) is 2.07. The molecule has 0 saturated heterocycles. The van der Waals surface area contributed by atoms with Crippen molar-refractivity contribution >= 4 is 29.0 Å². The molecule has 6 heteroatoms. The van der Waals surface area contributed by atoms with Crippen molar-refractivity contribution in [2.45, 2.75) is 37.0 Å². The van der Waals surface area contributed by atoms with E-state index in [1.807, 2.05) is 26.8 Å². The summed E-state index contributed by atoms with van der Waals surface area (Å²) in [7, 11) is 0. The zero-order valence-corrected chi connectivity index (χ0v) is 14.6. The average molecular weight is 350 g/mol. The van der Waals surface area contributed by atoms with E-state index in [4.69, 9.17) is 0 Å². The van der Waals surface area contributed by atoms with E-state index >= 15 is 0 Å². The van der Waals surface area contributed by atoms with Gasteiger partial charge in [-0.15, -0.1) is 0 Å². The van der Waals surface area contributed by atoms with Crippen LogP contribution < -0.4 is 10.6 Å². The molecule has 3 nitrogen and oxygen atoms in total. The average Bonchev–Trinajstić information content (AvgIpc) is 2.47. The van der Waals surface area contributed by atoms with Gasteiger partial charge in [-0.05, 0) is 57.2 Å². The predicted molar refractivity (Wildman–Crippen MR) is 95.2 cm³/mol. The molecule has 0 heterocycles. The Bertz CT molecular complexity index is 697. The highest BCUT2D eigenvalue weighted by atomic mass is 32.2. The van der Waals surface area contributed by atoms with Gasteiger partial charge in [-0.1, -0.05) is 23.9 Å². The first-order valence-electron chi connectivity index (χ1n) is 7.48. The molecule has 0 saturated carbocycles. The molecule has 2 aromatic rings. The van der Waals surface area contributed by atoms with Crippen LogP contribution in [0.2, 0.25) is 0 Å². The molecule has 0 radical (unpaired) electrons. The molecule has 2 aromatic carbocycles. The summed E-state index contributed by atoms with van der Waals surface area (Å²) in [6, 6.07) is 13.8. The Morgan fingerprint density at radius 2 is 1.67 bits per heavy atom. The second kappa shape index (κ2) is 7.66. The zero-order chi connectivity index (χ0) is 17.7. The van der Waals surface area contributed by atoms with Crippen LogP contribution in [0.4, 0.5) is 20.2 Å². The van der Waals surface area contributed by atoms with E-state index in [9.17, 15) is 13.6 Å². The minimum atomic E-state index is -2.44. The van der Waals surface area contributed by atoms with Gasteiger partial charge in [-0.3, -0.25) is 4.79 Å². The van der Waals surface area contributed by atoms with Gasteiger partial charge in [0.2, 0.25) is 0 Å². The molecule has 128 valence electrons. The summed E-state index contributed by atoms with van der Waals surface area (Å²) < 4.78 is 24.7. The topological polar surface area (TPSA) is 41.1 Å². The summed E-state index contributed by atoms with van der Waals surface area (Å²) in [4.78, 5) is 12.9. The van der Waals surface area contributed by atoms with E-state index < -0.39 is 5.76 Å². The van der Waals surface area contributed by atoms with Crippen molar-refractivity contribution in [3.05, 3.63) is 54.1 Å². The highest BCUT2D eigenvalue weighted by Crippen LogP contribution is 2.28. The monoisotopic (exact) mass is 350 g/mol. The summed E-state index contributed by atoms with van der Waals surface area (Å²) in [6.07, 6.45) is 0. The molecule has 24 heavy (non-hydrogen) atoms. The Kier molecular flexibility index (Phi) is 5.83. The van der Waals surface area contributed by atoms with Gasteiger partial charge < -0.3 is 10.6 Å². The number of hydrogen-bond donors (Lipinski definition) is 2. The molecule has 2 rings (SSSR count). The zero-order valence-electron chi connectivity index (χ0n) is 13.8. The van der Waals surface area contributed by atoms with Crippen LogP contribution >= 0.6 is 11.8 Å². The van der Waals surface area contributed by atoms with Crippen LogP contribution in [0.25, 0.3) is 0 Å². The third kappa shape index (κ3) is 5.53. The van der Waals surface area contributed by atoms with E-state index in [-0.39, 0.29) is 11.4 Å². The summed E-state index contributed by atoms with van der Waals surface area (Å²) in [5.41, 5.74) is 1.58. The fraction of sp³-hybridized carbons (Fsp3) is 0.278.